The van der Waals surface area contributed by atoms with Crippen LogP contribution in [0.3, 0.4) is 0 Å². The molecule has 24 heavy (non-hydrogen) atoms. The predicted octanol–water partition coefficient (Wildman–Crippen LogP) is 3.07. The van der Waals surface area contributed by atoms with Crippen LogP contribution in [0.5, 0.6) is 0 Å². The molecule has 5 heteroatoms. The molecule has 1 amide bonds. The Bertz CT molecular complexity index is 911. The number of hydrazine groups is 1. The van der Waals surface area contributed by atoms with Gasteiger partial charge in [-0.3, -0.25) is 10.2 Å². The summed E-state index contributed by atoms with van der Waals surface area (Å²) in [6.45, 7) is 6.12. The van der Waals surface area contributed by atoms with Crippen LogP contribution in [-0.4, -0.2) is 15.7 Å². The summed E-state index contributed by atoms with van der Waals surface area (Å²) in [5.41, 5.74) is 8.64. The van der Waals surface area contributed by atoms with Crippen molar-refractivity contribution >= 4 is 5.91 Å². The first-order valence-corrected chi connectivity index (χ1v) is 7.75. The first-order chi connectivity index (χ1) is 11.5. The van der Waals surface area contributed by atoms with Crippen molar-refractivity contribution in [2.75, 3.05) is 0 Å². The first kappa shape index (κ1) is 16.0. The maximum Gasteiger partial charge on any atom is 0.285 e. The number of amides is 1. The molecule has 122 valence electrons. The monoisotopic (exact) mass is 320 g/mol. The molecule has 0 spiro atoms. The molecule has 0 aliphatic rings. The van der Waals surface area contributed by atoms with Gasteiger partial charge in [0.2, 0.25) is 0 Å². The molecule has 0 unspecified atom stereocenters. The van der Waals surface area contributed by atoms with Gasteiger partial charge in [0.1, 0.15) is 0 Å². The van der Waals surface area contributed by atoms with Crippen molar-refractivity contribution in [3.05, 3.63) is 70.9 Å². The standard InChI is InChI=1S/C19H20N4O/c1-12-5-4-6-15(9-12)23-18(11-17(22-23)19(24)21-20)16-10-13(2)7-8-14(16)3/h4-11H,20H2,1-3H3,(H,21,24). The zero-order valence-corrected chi connectivity index (χ0v) is 14.0. The topological polar surface area (TPSA) is 72.9 Å². The van der Waals surface area contributed by atoms with Gasteiger partial charge in [-0.15, -0.1) is 0 Å². The molecule has 0 aliphatic carbocycles. The van der Waals surface area contributed by atoms with Crippen LogP contribution in [0.2, 0.25) is 0 Å². The quantitative estimate of drug-likeness (QED) is 0.442. The number of hydrogen-bond donors (Lipinski definition) is 2. The highest BCUT2D eigenvalue weighted by Gasteiger charge is 2.17. The highest BCUT2D eigenvalue weighted by atomic mass is 16.2. The van der Waals surface area contributed by atoms with Gasteiger partial charge in [-0.1, -0.05) is 29.8 Å². The number of rotatable bonds is 3. The maximum absolute atomic E-state index is 11.9. The van der Waals surface area contributed by atoms with Crippen molar-refractivity contribution in [2.45, 2.75) is 20.8 Å². The fraction of sp³-hybridized carbons (Fsp3) is 0.158. The van der Waals surface area contributed by atoms with Gasteiger partial charge < -0.3 is 0 Å². The summed E-state index contributed by atoms with van der Waals surface area (Å²) >= 11 is 0. The smallest absolute Gasteiger partial charge is 0.285 e. The summed E-state index contributed by atoms with van der Waals surface area (Å²) in [5.74, 6) is 4.86. The molecule has 0 saturated heterocycles. The second-order valence-corrected chi connectivity index (χ2v) is 5.96. The zero-order chi connectivity index (χ0) is 17.3. The Morgan fingerprint density at radius 1 is 1.04 bits per heavy atom. The summed E-state index contributed by atoms with van der Waals surface area (Å²) < 4.78 is 1.79. The molecule has 1 aromatic heterocycles. The summed E-state index contributed by atoms with van der Waals surface area (Å²) in [5, 5.41) is 4.46. The van der Waals surface area contributed by atoms with Gasteiger partial charge in [0.05, 0.1) is 11.4 Å². The third kappa shape index (κ3) is 2.94. The lowest BCUT2D eigenvalue weighted by Crippen LogP contribution is -2.30. The predicted molar refractivity (Wildman–Crippen MR) is 94.9 cm³/mol. The van der Waals surface area contributed by atoms with E-state index in [1.54, 1.807) is 10.7 Å². The van der Waals surface area contributed by atoms with E-state index in [9.17, 15) is 4.79 Å². The van der Waals surface area contributed by atoms with Gasteiger partial charge in [0, 0.05) is 5.56 Å². The van der Waals surface area contributed by atoms with Crippen molar-refractivity contribution in [3.63, 3.8) is 0 Å². The molecule has 3 N–H and O–H groups in total. The van der Waals surface area contributed by atoms with E-state index in [0.717, 1.165) is 33.6 Å². The van der Waals surface area contributed by atoms with E-state index < -0.39 is 5.91 Å². The molecule has 0 radical (unpaired) electrons. The molecule has 0 saturated carbocycles. The highest BCUT2D eigenvalue weighted by molar-refractivity contribution is 5.93. The van der Waals surface area contributed by atoms with E-state index >= 15 is 0 Å². The first-order valence-electron chi connectivity index (χ1n) is 7.75. The van der Waals surface area contributed by atoms with E-state index in [-0.39, 0.29) is 5.69 Å². The molecule has 0 atom stereocenters. The number of nitrogen functional groups attached to an aromatic ring is 1. The fourth-order valence-corrected chi connectivity index (χ4v) is 2.73. The number of nitrogens with two attached hydrogens (primary N) is 1. The molecular weight excluding hydrogens is 300 g/mol. The molecule has 2 aromatic carbocycles. The number of aryl methyl sites for hydroxylation is 3. The number of carbonyl (C=O) groups is 1. The molecule has 3 aromatic rings. The van der Waals surface area contributed by atoms with Gasteiger partial charge in [-0.05, 0) is 56.2 Å². The Morgan fingerprint density at radius 3 is 2.50 bits per heavy atom. The Balaban J connectivity index is 2.25. The van der Waals surface area contributed by atoms with E-state index in [1.165, 1.54) is 0 Å². The van der Waals surface area contributed by atoms with Crippen molar-refractivity contribution < 1.29 is 4.79 Å². The van der Waals surface area contributed by atoms with Crippen LogP contribution in [0, 0.1) is 20.8 Å². The van der Waals surface area contributed by atoms with Crippen LogP contribution < -0.4 is 11.3 Å². The maximum atomic E-state index is 11.9. The van der Waals surface area contributed by atoms with E-state index in [0.29, 0.717) is 0 Å². The average Bonchev–Trinajstić information content (AvgIpc) is 3.01. The molecule has 0 fully saturated rings. The number of nitrogens with one attached hydrogen (secondary N) is 1. The third-order valence-electron chi connectivity index (χ3n) is 3.99. The summed E-state index contributed by atoms with van der Waals surface area (Å²) in [7, 11) is 0. The molecule has 5 nitrogen and oxygen atoms in total. The minimum atomic E-state index is -0.409. The summed E-state index contributed by atoms with van der Waals surface area (Å²) in [4.78, 5) is 11.9. The number of benzene rings is 2. The lowest BCUT2D eigenvalue weighted by molar-refractivity contribution is 0.0948. The van der Waals surface area contributed by atoms with Crippen molar-refractivity contribution in [1.82, 2.24) is 15.2 Å². The second kappa shape index (κ2) is 6.29. The van der Waals surface area contributed by atoms with E-state index in [1.807, 2.05) is 45.0 Å². The summed E-state index contributed by atoms with van der Waals surface area (Å²) in [6.07, 6.45) is 0. The van der Waals surface area contributed by atoms with Crippen molar-refractivity contribution in [3.8, 4) is 16.9 Å². The molecule has 1 heterocycles. The number of hydrogen-bond acceptors (Lipinski definition) is 3. The van der Waals surface area contributed by atoms with E-state index in [2.05, 4.69) is 28.7 Å². The van der Waals surface area contributed by atoms with Gasteiger partial charge in [-0.25, -0.2) is 10.5 Å². The highest BCUT2D eigenvalue weighted by Crippen LogP contribution is 2.28. The van der Waals surface area contributed by atoms with Crippen LogP contribution in [0.1, 0.15) is 27.2 Å². The fourth-order valence-electron chi connectivity index (χ4n) is 2.73. The van der Waals surface area contributed by atoms with Crippen molar-refractivity contribution in [2.24, 2.45) is 5.84 Å². The van der Waals surface area contributed by atoms with Gasteiger partial charge in [0.15, 0.2) is 5.69 Å². The second-order valence-electron chi connectivity index (χ2n) is 5.96. The third-order valence-corrected chi connectivity index (χ3v) is 3.99. The lowest BCUT2D eigenvalue weighted by atomic mass is 10.0. The lowest BCUT2D eigenvalue weighted by Gasteiger charge is -2.11. The van der Waals surface area contributed by atoms with Crippen LogP contribution in [0.15, 0.2) is 48.5 Å². The SMILES string of the molecule is Cc1cccc(-n2nc(C(=O)NN)cc2-c2cc(C)ccc2C)c1. The Hall–Kier alpha value is -2.92. The number of nitrogens with zero attached hydrogens (tertiary/aromatic N) is 2. The normalized spacial score (nSPS) is 10.7. The Morgan fingerprint density at radius 2 is 1.79 bits per heavy atom. The van der Waals surface area contributed by atoms with E-state index in [4.69, 9.17) is 5.84 Å². The molecular formula is C19H20N4O. The van der Waals surface area contributed by atoms with Crippen LogP contribution >= 0.6 is 0 Å². The van der Waals surface area contributed by atoms with Crippen LogP contribution in [0.25, 0.3) is 16.9 Å². The zero-order valence-electron chi connectivity index (χ0n) is 14.0. The Kier molecular flexibility index (Phi) is 4.18. The molecule has 0 bridgehead atoms. The largest absolute Gasteiger partial charge is 0.289 e. The van der Waals surface area contributed by atoms with Gasteiger partial charge >= 0.3 is 0 Å². The average molecular weight is 320 g/mol. The van der Waals surface area contributed by atoms with Crippen LogP contribution in [0.4, 0.5) is 0 Å². The van der Waals surface area contributed by atoms with Crippen LogP contribution in [-0.2, 0) is 0 Å². The van der Waals surface area contributed by atoms with Crippen molar-refractivity contribution in [1.29, 1.82) is 0 Å². The number of aromatic nitrogens is 2. The molecule has 3 rings (SSSR count). The summed E-state index contributed by atoms with van der Waals surface area (Å²) in [6, 6.07) is 16.0. The molecule has 0 aliphatic heterocycles. The van der Waals surface area contributed by atoms with Gasteiger partial charge in [0.25, 0.3) is 5.91 Å². The minimum absolute atomic E-state index is 0.287. The minimum Gasteiger partial charge on any atom is -0.289 e. The number of carbonyl (C=O) groups excluding carboxylic acids is 1. The van der Waals surface area contributed by atoms with Gasteiger partial charge in [-0.2, -0.15) is 5.10 Å². The Labute approximate surface area is 141 Å².